The Labute approximate surface area is 123 Å². The van der Waals surface area contributed by atoms with Crippen LogP contribution in [0, 0.1) is 22.9 Å². The zero-order valence-electron chi connectivity index (χ0n) is 12.6. The number of rotatable bonds is 6. The van der Waals surface area contributed by atoms with Gasteiger partial charge in [-0.1, -0.05) is 0 Å². The van der Waals surface area contributed by atoms with E-state index in [-0.39, 0.29) is 22.8 Å². The molecule has 1 rings (SSSR count). The lowest BCUT2D eigenvalue weighted by Gasteiger charge is -2.24. The summed E-state index contributed by atoms with van der Waals surface area (Å²) < 4.78 is 13.4. The highest BCUT2D eigenvalue weighted by atomic mass is 19.1. The summed E-state index contributed by atoms with van der Waals surface area (Å²) in [4.78, 5) is 24.1. The van der Waals surface area contributed by atoms with Crippen molar-refractivity contribution >= 4 is 17.3 Å². The van der Waals surface area contributed by atoms with Crippen molar-refractivity contribution in [2.24, 2.45) is 0 Å². The van der Waals surface area contributed by atoms with Gasteiger partial charge in [0.2, 0.25) is 5.91 Å². The lowest BCUT2D eigenvalue weighted by atomic mass is 10.1. The molecule has 0 bridgehead atoms. The van der Waals surface area contributed by atoms with Gasteiger partial charge in [0, 0.05) is 13.1 Å². The van der Waals surface area contributed by atoms with Crippen molar-refractivity contribution in [3.05, 3.63) is 33.6 Å². The minimum Gasteiger partial charge on any atom is -0.368 e. The number of halogens is 1. The number of hydrogen-bond donors (Lipinski definition) is 1. The third-order valence-electron chi connectivity index (χ3n) is 3.29. The molecule has 116 valence electrons. The number of likely N-dealkylation sites (N-methyl/N-ethyl adjacent to an activating group) is 1. The highest BCUT2D eigenvalue weighted by Crippen LogP contribution is 2.28. The van der Waals surface area contributed by atoms with E-state index < -0.39 is 16.8 Å². The topological polar surface area (TPSA) is 75.5 Å². The van der Waals surface area contributed by atoms with E-state index in [1.807, 2.05) is 13.8 Å². The molecule has 0 saturated carbocycles. The highest BCUT2D eigenvalue weighted by Gasteiger charge is 2.23. The Balaban J connectivity index is 3.04. The van der Waals surface area contributed by atoms with Crippen molar-refractivity contribution in [1.29, 1.82) is 0 Å². The van der Waals surface area contributed by atoms with Crippen LogP contribution in [0.1, 0.15) is 26.3 Å². The molecule has 0 spiro atoms. The molecule has 0 saturated heterocycles. The van der Waals surface area contributed by atoms with Gasteiger partial charge in [-0.2, -0.15) is 0 Å². The van der Waals surface area contributed by atoms with Crippen LogP contribution in [-0.2, 0) is 4.79 Å². The lowest BCUT2D eigenvalue weighted by Crippen LogP contribution is -2.41. The second kappa shape index (κ2) is 7.01. The van der Waals surface area contributed by atoms with Crippen LogP contribution in [-0.4, -0.2) is 34.9 Å². The number of nitrogens with zero attached hydrogens (tertiary/aromatic N) is 2. The fraction of sp³-hybridized carbons (Fsp3) is 0.500. The summed E-state index contributed by atoms with van der Waals surface area (Å²) in [5.74, 6) is -0.800. The van der Waals surface area contributed by atoms with Crippen molar-refractivity contribution < 1.29 is 14.1 Å². The van der Waals surface area contributed by atoms with E-state index in [1.165, 1.54) is 13.0 Å². The van der Waals surface area contributed by atoms with Gasteiger partial charge in [-0.15, -0.1) is 0 Å². The number of nitrogens with one attached hydrogen (secondary N) is 1. The summed E-state index contributed by atoms with van der Waals surface area (Å²) in [6, 6.07) is 1.58. The van der Waals surface area contributed by atoms with Gasteiger partial charge in [-0.05, 0) is 39.3 Å². The maximum Gasteiger partial charge on any atom is 0.295 e. The largest absolute Gasteiger partial charge is 0.368 e. The minimum absolute atomic E-state index is 0.145. The Morgan fingerprint density at radius 1 is 1.43 bits per heavy atom. The minimum atomic E-state index is -0.667. The SMILES string of the molecule is CCN(CC)C(=O)C(C)Nc1cc(C)c(F)cc1[N+](=O)[O-]. The van der Waals surface area contributed by atoms with Crippen LogP contribution in [0.15, 0.2) is 12.1 Å². The predicted molar refractivity (Wildman–Crippen MR) is 78.8 cm³/mol. The smallest absolute Gasteiger partial charge is 0.295 e. The van der Waals surface area contributed by atoms with Crippen molar-refractivity contribution in [2.45, 2.75) is 33.7 Å². The Morgan fingerprint density at radius 3 is 2.48 bits per heavy atom. The van der Waals surface area contributed by atoms with Gasteiger partial charge in [0.25, 0.3) is 5.69 Å². The number of carbonyl (C=O) groups is 1. The summed E-state index contributed by atoms with van der Waals surface area (Å²) in [6.07, 6.45) is 0. The van der Waals surface area contributed by atoms with Gasteiger partial charge >= 0.3 is 0 Å². The Kier molecular flexibility index (Phi) is 5.63. The van der Waals surface area contributed by atoms with E-state index in [9.17, 15) is 19.3 Å². The monoisotopic (exact) mass is 297 g/mol. The number of carbonyl (C=O) groups excluding carboxylic acids is 1. The van der Waals surface area contributed by atoms with E-state index in [4.69, 9.17) is 0 Å². The predicted octanol–water partition coefficient (Wildman–Crippen LogP) is 2.71. The molecule has 0 fully saturated rings. The Morgan fingerprint density at radius 2 is 2.00 bits per heavy atom. The zero-order chi connectivity index (χ0) is 16.2. The average molecular weight is 297 g/mol. The molecule has 1 atom stereocenters. The number of anilines is 1. The molecule has 0 aliphatic carbocycles. The number of aryl methyl sites for hydroxylation is 1. The van der Waals surface area contributed by atoms with Crippen LogP contribution in [0.5, 0.6) is 0 Å². The Hall–Kier alpha value is -2.18. The standard InChI is InChI=1S/C14H20FN3O3/c1-5-17(6-2)14(19)10(4)16-12-7-9(3)11(15)8-13(12)18(20)21/h7-8,10,16H,5-6H2,1-4H3. The molecule has 1 N–H and O–H groups in total. The van der Waals surface area contributed by atoms with E-state index >= 15 is 0 Å². The highest BCUT2D eigenvalue weighted by molar-refractivity contribution is 5.85. The van der Waals surface area contributed by atoms with Crippen LogP contribution < -0.4 is 5.32 Å². The first-order valence-corrected chi connectivity index (χ1v) is 6.81. The molecule has 1 amide bonds. The molecule has 1 aromatic carbocycles. The number of nitro groups is 1. The second-order valence-electron chi connectivity index (χ2n) is 4.75. The molecule has 0 aliphatic heterocycles. The maximum absolute atomic E-state index is 13.4. The van der Waals surface area contributed by atoms with Crippen LogP contribution in [0.3, 0.4) is 0 Å². The number of nitro benzene ring substituents is 1. The fourth-order valence-electron chi connectivity index (χ4n) is 2.04. The molecular formula is C14H20FN3O3. The Bertz CT molecular complexity index is 545. The van der Waals surface area contributed by atoms with Gasteiger partial charge in [-0.3, -0.25) is 14.9 Å². The number of amides is 1. The molecule has 1 unspecified atom stereocenters. The lowest BCUT2D eigenvalue weighted by molar-refractivity contribution is -0.384. The van der Waals surface area contributed by atoms with E-state index in [0.717, 1.165) is 6.07 Å². The molecule has 1 aromatic rings. The molecule has 0 aliphatic rings. The van der Waals surface area contributed by atoms with Crippen LogP contribution in [0.25, 0.3) is 0 Å². The van der Waals surface area contributed by atoms with Crippen molar-refractivity contribution in [3.63, 3.8) is 0 Å². The van der Waals surface area contributed by atoms with Gasteiger partial charge in [-0.25, -0.2) is 4.39 Å². The quantitative estimate of drug-likeness (QED) is 0.647. The van der Waals surface area contributed by atoms with E-state index in [0.29, 0.717) is 13.1 Å². The van der Waals surface area contributed by atoms with Gasteiger partial charge in [0.1, 0.15) is 17.5 Å². The van der Waals surface area contributed by atoms with Gasteiger partial charge < -0.3 is 10.2 Å². The molecule has 7 heteroatoms. The molecule has 6 nitrogen and oxygen atoms in total. The third kappa shape index (κ3) is 3.90. The fourth-order valence-corrected chi connectivity index (χ4v) is 2.04. The molecule has 21 heavy (non-hydrogen) atoms. The van der Waals surface area contributed by atoms with E-state index in [2.05, 4.69) is 5.32 Å². The summed E-state index contributed by atoms with van der Waals surface area (Å²) >= 11 is 0. The number of hydrogen-bond acceptors (Lipinski definition) is 4. The zero-order valence-corrected chi connectivity index (χ0v) is 12.6. The van der Waals surface area contributed by atoms with Gasteiger partial charge in [0.05, 0.1) is 11.0 Å². The first kappa shape index (κ1) is 16.9. The first-order valence-electron chi connectivity index (χ1n) is 6.81. The normalized spacial score (nSPS) is 11.9. The third-order valence-corrected chi connectivity index (χ3v) is 3.29. The summed E-state index contributed by atoms with van der Waals surface area (Å²) in [6.45, 7) is 7.99. The molecular weight excluding hydrogens is 277 g/mol. The van der Waals surface area contributed by atoms with E-state index in [1.54, 1.807) is 11.8 Å². The number of benzene rings is 1. The van der Waals surface area contributed by atoms with Crippen LogP contribution in [0.4, 0.5) is 15.8 Å². The van der Waals surface area contributed by atoms with Crippen molar-refractivity contribution in [2.75, 3.05) is 18.4 Å². The molecule has 0 heterocycles. The molecule has 0 aromatic heterocycles. The first-order chi connectivity index (χ1) is 9.81. The average Bonchev–Trinajstić information content (AvgIpc) is 2.43. The van der Waals surface area contributed by atoms with Crippen LogP contribution in [0.2, 0.25) is 0 Å². The van der Waals surface area contributed by atoms with Crippen molar-refractivity contribution in [1.82, 2.24) is 4.90 Å². The van der Waals surface area contributed by atoms with Gasteiger partial charge in [0.15, 0.2) is 0 Å². The summed E-state index contributed by atoms with van der Waals surface area (Å²) in [5.41, 5.74) is 0.0507. The maximum atomic E-state index is 13.4. The summed E-state index contributed by atoms with van der Waals surface area (Å²) in [5, 5.41) is 13.8. The summed E-state index contributed by atoms with van der Waals surface area (Å²) in [7, 11) is 0. The molecule has 0 radical (unpaired) electrons. The van der Waals surface area contributed by atoms with Crippen LogP contribution >= 0.6 is 0 Å². The second-order valence-corrected chi connectivity index (χ2v) is 4.75. The van der Waals surface area contributed by atoms with Crippen molar-refractivity contribution in [3.8, 4) is 0 Å².